The number of aliphatic imine (C=N–C) groups is 1. The summed E-state index contributed by atoms with van der Waals surface area (Å²) >= 11 is 6.25. The van der Waals surface area contributed by atoms with Crippen molar-refractivity contribution in [3.05, 3.63) is 53.1 Å². The molecule has 0 unspecified atom stereocenters. The third-order valence-corrected chi connectivity index (χ3v) is 7.88. The van der Waals surface area contributed by atoms with Gasteiger partial charge in [-0.25, -0.2) is 13.9 Å². The van der Waals surface area contributed by atoms with Crippen LogP contribution in [-0.2, 0) is 9.31 Å². The average Bonchev–Trinajstić information content (AvgIpc) is 3.35. The molecule has 1 aromatic carbocycles. The Labute approximate surface area is 216 Å². The number of rotatable bonds is 5. The Balaban J connectivity index is 1.58. The van der Waals surface area contributed by atoms with E-state index < -0.39 is 24.1 Å². The molecular weight excluding hydrogens is 480 g/mol. The summed E-state index contributed by atoms with van der Waals surface area (Å²) in [6.07, 6.45) is 9.35. The van der Waals surface area contributed by atoms with E-state index in [0.717, 1.165) is 29.5 Å². The van der Waals surface area contributed by atoms with Gasteiger partial charge in [-0.05, 0) is 58.7 Å². The third-order valence-electron chi connectivity index (χ3n) is 7.56. The van der Waals surface area contributed by atoms with Crippen LogP contribution in [0.4, 0.5) is 15.8 Å². The number of nitrogens with two attached hydrogens (primary N) is 1. The van der Waals surface area contributed by atoms with Gasteiger partial charge in [-0.1, -0.05) is 30.9 Å². The Morgan fingerprint density at radius 1 is 1.17 bits per heavy atom. The monoisotopic (exact) mass is 511 g/mol. The second-order valence-corrected chi connectivity index (χ2v) is 11.1. The zero-order valence-electron chi connectivity index (χ0n) is 21.1. The Hall–Kier alpha value is -2.62. The molecule has 1 aliphatic carbocycles. The summed E-state index contributed by atoms with van der Waals surface area (Å²) in [7, 11) is -0.514. The minimum Gasteiger partial charge on any atom is -0.399 e. The maximum Gasteiger partial charge on any atom is 0.496 e. The van der Waals surface area contributed by atoms with E-state index in [1.807, 2.05) is 40.0 Å². The van der Waals surface area contributed by atoms with Crippen LogP contribution in [0.25, 0.3) is 5.52 Å². The SMILES string of the molecule is CC1(C)OB(c2cc3c(NC4CCCCC4)c(C(N)=Nc4cc(F)ccc4Cl)cnn3c2)OC1(C)C. The van der Waals surface area contributed by atoms with Crippen LogP contribution in [0.2, 0.25) is 5.02 Å². The number of aromatic nitrogens is 2. The molecule has 3 aromatic rings. The van der Waals surface area contributed by atoms with Crippen molar-refractivity contribution >= 4 is 46.9 Å². The number of anilines is 1. The number of nitrogens with one attached hydrogen (secondary N) is 1. The minimum atomic E-state index is -0.514. The first-order chi connectivity index (χ1) is 17.0. The molecule has 3 heterocycles. The molecule has 2 fully saturated rings. The average molecular weight is 512 g/mol. The number of hydrogen-bond donors (Lipinski definition) is 2. The Kier molecular flexibility index (Phi) is 6.51. The first-order valence-corrected chi connectivity index (χ1v) is 12.8. The molecule has 2 aromatic heterocycles. The first kappa shape index (κ1) is 25.1. The van der Waals surface area contributed by atoms with Crippen LogP contribution in [-0.4, -0.2) is 39.8 Å². The molecule has 5 rings (SSSR count). The van der Waals surface area contributed by atoms with Crippen molar-refractivity contribution in [2.24, 2.45) is 10.7 Å². The van der Waals surface area contributed by atoms with Crippen molar-refractivity contribution in [1.29, 1.82) is 0 Å². The van der Waals surface area contributed by atoms with Crippen molar-refractivity contribution in [1.82, 2.24) is 9.61 Å². The summed E-state index contributed by atoms with van der Waals surface area (Å²) in [6.45, 7) is 8.13. The smallest absolute Gasteiger partial charge is 0.399 e. The highest BCUT2D eigenvalue weighted by Crippen LogP contribution is 2.37. The van der Waals surface area contributed by atoms with E-state index in [1.165, 1.54) is 37.5 Å². The number of benzene rings is 1. The van der Waals surface area contributed by atoms with E-state index in [0.29, 0.717) is 16.6 Å². The predicted octanol–water partition coefficient (Wildman–Crippen LogP) is 5.21. The Morgan fingerprint density at radius 3 is 2.56 bits per heavy atom. The summed E-state index contributed by atoms with van der Waals surface area (Å²) in [6, 6.07) is 6.36. The molecule has 0 spiro atoms. The summed E-state index contributed by atoms with van der Waals surface area (Å²) in [4.78, 5) is 4.46. The highest BCUT2D eigenvalue weighted by atomic mass is 35.5. The van der Waals surface area contributed by atoms with Gasteiger partial charge in [0.05, 0.1) is 44.9 Å². The van der Waals surface area contributed by atoms with Gasteiger partial charge in [0, 0.05) is 23.8 Å². The number of hydrogen-bond acceptors (Lipinski definition) is 5. The normalized spacial score (nSPS) is 20.3. The van der Waals surface area contributed by atoms with Gasteiger partial charge in [-0.3, -0.25) is 0 Å². The maximum atomic E-state index is 13.8. The lowest BCUT2D eigenvalue weighted by Gasteiger charge is -2.32. The second kappa shape index (κ2) is 9.36. The van der Waals surface area contributed by atoms with Gasteiger partial charge in [-0.2, -0.15) is 5.10 Å². The molecule has 190 valence electrons. The molecule has 3 N–H and O–H groups in total. The first-order valence-electron chi connectivity index (χ1n) is 12.5. The fraction of sp³-hybridized carbons (Fsp3) is 0.462. The lowest BCUT2D eigenvalue weighted by atomic mass is 9.81. The van der Waals surface area contributed by atoms with Crippen LogP contribution in [0.3, 0.4) is 0 Å². The van der Waals surface area contributed by atoms with E-state index in [9.17, 15) is 4.39 Å². The van der Waals surface area contributed by atoms with Crippen LogP contribution in [0, 0.1) is 5.82 Å². The van der Waals surface area contributed by atoms with Crippen molar-refractivity contribution in [3.8, 4) is 0 Å². The van der Waals surface area contributed by atoms with Crippen molar-refractivity contribution in [3.63, 3.8) is 0 Å². The zero-order chi connectivity index (χ0) is 25.7. The van der Waals surface area contributed by atoms with E-state index in [-0.39, 0.29) is 11.5 Å². The predicted molar refractivity (Wildman–Crippen MR) is 143 cm³/mol. The van der Waals surface area contributed by atoms with Gasteiger partial charge in [0.15, 0.2) is 0 Å². The molecule has 0 atom stereocenters. The van der Waals surface area contributed by atoms with Gasteiger partial charge in [0.1, 0.15) is 11.7 Å². The maximum absolute atomic E-state index is 13.8. The second-order valence-electron chi connectivity index (χ2n) is 10.7. The molecule has 10 heteroatoms. The van der Waals surface area contributed by atoms with E-state index in [1.54, 1.807) is 10.7 Å². The molecule has 36 heavy (non-hydrogen) atoms. The minimum absolute atomic E-state index is 0.203. The Morgan fingerprint density at radius 2 is 1.86 bits per heavy atom. The number of fused-ring (bicyclic) bond motifs is 1. The van der Waals surface area contributed by atoms with Crippen molar-refractivity contribution in [2.45, 2.75) is 77.0 Å². The topological polar surface area (TPSA) is 86.2 Å². The highest BCUT2D eigenvalue weighted by molar-refractivity contribution is 6.62. The van der Waals surface area contributed by atoms with Gasteiger partial charge < -0.3 is 20.4 Å². The lowest BCUT2D eigenvalue weighted by Crippen LogP contribution is -2.41. The summed E-state index contributed by atoms with van der Waals surface area (Å²) in [5.74, 6) is -0.229. The van der Waals surface area contributed by atoms with Gasteiger partial charge in [-0.15, -0.1) is 0 Å². The summed E-state index contributed by atoms with van der Waals surface area (Å²) in [5, 5.41) is 8.63. The van der Waals surface area contributed by atoms with Crippen LogP contribution in [0.5, 0.6) is 0 Å². The molecule has 7 nitrogen and oxygen atoms in total. The largest absolute Gasteiger partial charge is 0.496 e. The standard InChI is InChI=1S/C26H32BClFN5O2/c1-25(2)26(3,4)36-27(35-25)16-12-22-23(32-18-8-6-5-7-9-18)19(14-31-34(22)15-16)24(30)33-21-13-17(29)10-11-20(21)28/h10-15,18,32H,5-9H2,1-4H3,(H2,30,33). The quantitative estimate of drug-likeness (QED) is 0.279. The molecule has 0 amide bonds. The number of amidine groups is 1. The fourth-order valence-electron chi connectivity index (χ4n) is 4.74. The molecule has 1 saturated carbocycles. The third kappa shape index (κ3) is 4.72. The number of halogens is 2. The highest BCUT2D eigenvalue weighted by Gasteiger charge is 2.52. The van der Waals surface area contributed by atoms with Crippen LogP contribution in [0.1, 0.15) is 65.4 Å². The summed E-state index contributed by atoms with van der Waals surface area (Å²) in [5.41, 5.74) is 9.01. The van der Waals surface area contributed by atoms with E-state index in [2.05, 4.69) is 15.4 Å². The Bertz CT molecular complexity index is 1300. The van der Waals surface area contributed by atoms with Crippen LogP contribution in [0.15, 0.2) is 41.7 Å². The molecule has 0 radical (unpaired) electrons. The summed E-state index contributed by atoms with van der Waals surface area (Å²) < 4.78 is 28.2. The van der Waals surface area contributed by atoms with E-state index >= 15 is 0 Å². The van der Waals surface area contributed by atoms with Crippen LogP contribution >= 0.6 is 11.6 Å². The van der Waals surface area contributed by atoms with Gasteiger partial charge >= 0.3 is 7.12 Å². The molecule has 1 saturated heterocycles. The molecular formula is C26H32BClFN5O2. The van der Waals surface area contributed by atoms with Gasteiger partial charge in [0.25, 0.3) is 0 Å². The molecule has 2 aliphatic rings. The van der Waals surface area contributed by atoms with Gasteiger partial charge in [0.2, 0.25) is 0 Å². The lowest BCUT2D eigenvalue weighted by molar-refractivity contribution is 0.00578. The fourth-order valence-corrected chi connectivity index (χ4v) is 4.90. The zero-order valence-corrected chi connectivity index (χ0v) is 21.9. The van der Waals surface area contributed by atoms with E-state index in [4.69, 9.17) is 26.6 Å². The molecule has 1 aliphatic heterocycles. The van der Waals surface area contributed by atoms with Crippen LogP contribution < -0.4 is 16.5 Å². The molecule has 0 bridgehead atoms. The van der Waals surface area contributed by atoms with Crippen molar-refractivity contribution in [2.75, 3.05) is 5.32 Å². The number of nitrogens with zero attached hydrogens (tertiary/aromatic N) is 3. The van der Waals surface area contributed by atoms with Crippen molar-refractivity contribution < 1.29 is 13.7 Å².